The molecular weight excluding hydrogens is 410 g/mol. The number of aliphatic hydroxyl groups is 1. The van der Waals surface area contributed by atoms with Crippen molar-refractivity contribution >= 4 is 33.4 Å². The van der Waals surface area contributed by atoms with Gasteiger partial charge in [-0.15, -0.1) is 0 Å². The Morgan fingerprint density at radius 3 is 2.55 bits per heavy atom. The van der Waals surface area contributed by atoms with Gasteiger partial charge in [-0.1, -0.05) is 43.8 Å². The van der Waals surface area contributed by atoms with Gasteiger partial charge in [-0.2, -0.15) is 5.26 Å². The minimum absolute atomic E-state index is 0.0744. The van der Waals surface area contributed by atoms with Crippen LogP contribution >= 0.6 is 11.8 Å². The van der Waals surface area contributed by atoms with Crippen LogP contribution in [0.1, 0.15) is 31.4 Å². The first-order valence-electron chi connectivity index (χ1n) is 9.05. The molecule has 0 unspecified atom stereocenters. The lowest BCUT2D eigenvalue weighted by Crippen LogP contribution is -2.26. The summed E-state index contributed by atoms with van der Waals surface area (Å²) in [6.07, 6.45) is 1.78. The SMILES string of the molecule is CC(C)C[C@H](CO)Nc1cc(NS(C)(=O)=O)nc(SCc2ccccc2C#N)n1. The molecule has 0 fully saturated rings. The molecule has 0 aliphatic heterocycles. The quantitative estimate of drug-likeness (QED) is 0.384. The van der Waals surface area contributed by atoms with E-state index in [1.54, 1.807) is 12.1 Å². The standard InChI is InChI=1S/C19H25N5O3S2/c1-13(2)8-16(11-25)21-17-9-18(24-29(3,26)27)23-19(22-17)28-12-15-7-5-4-6-14(15)10-20/h4-7,9,13,16,25H,8,11-12H2,1-3H3,(H2,21,22,23,24)/t16-/m1/s1. The van der Waals surface area contributed by atoms with E-state index in [1.807, 2.05) is 12.1 Å². The predicted molar refractivity (Wildman–Crippen MR) is 115 cm³/mol. The number of nitriles is 1. The van der Waals surface area contributed by atoms with Crippen LogP contribution in [0.3, 0.4) is 0 Å². The van der Waals surface area contributed by atoms with Crippen molar-refractivity contribution in [2.45, 2.75) is 37.2 Å². The smallest absolute Gasteiger partial charge is 0.230 e. The summed E-state index contributed by atoms with van der Waals surface area (Å²) >= 11 is 1.30. The van der Waals surface area contributed by atoms with Crippen molar-refractivity contribution in [3.63, 3.8) is 0 Å². The van der Waals surface area contributed by atoms with Gasteiger partial charge in [0.1, 0.15) is 11.6 Å². The van der Waals surface area contributed by atoms with Crippen LogP contribution in [0.2, 0.25) is 0 Å². The van der Waals surface area contributed by atoms with Crippen molar-refractivity contribution in [1.29, 1.82) is 5.26 Å². The Labute approximate surface area is 175 Å². The zero-order chi connectivity index (χ0) is 21.4. The molecule has 1 aromatic carbocycles. The molecule has 0 aliphatic carbocycles. The predicted octanol–water partition coefficient (Wildman–Crippen LogP) is 2.83. The molecule has 29 heavy (non-hydrogen) atoms. The third kappa shape index (κ3) is 7.89. The highest BCUT2D eigenvalue weighted by Gasteiger charge is 2.14. The minimum atomic E-state index is -3.51. The monoisotopic (exact) mass is 435 g/mol. The van der Waals surface area contributed by atoms with Gasteiger partial charge in [0, 0.05) is 11.8 Å². The topological polar surface area (TPSA) is 128 Å². The van der Waals surface area contributed by atoms with Gasteiger partial charge in [-0.25, -0.2) is 18.4 Å². The Morgan fingerprint density at radius 1 is 1.24 bits per heavy atom. The van der Waals surface area contributed by atoms with E-state index in [9.17, 15) is 18.8 Å². The van der Waals surface area contributed by atoms with Crippen molar-refractivity contribution in [2.24, 2.45) is 5.92 Å². The maximum Gasteiger partial charge on any atom is 0.230 e. The Hall–Kier alpha value is -2.35. The summed E-state index contributed by atoms with van der Waals surface area (Å²) in [5, 5.41) is 22.3. The Morgan fingerprint density at radius 2 is 1.93 bits per heavy atom. The van der Waals surface area contributed by atoms with Crippen LogP contribution in [0.15, 0.2) is 35.5 Å². The fraction of sp³-hybridized carbons (Fsp3) is 0.421. The molecule has 1 atom stereocenters. The molecule has 1 aromatic heterocycles. The fourth-order valence-electron chi connectivity index (χ4n) is 2.66. The van der Waals surface area contributed by atoms with Gasteiger partial charge in [0.05, 0.1) is 30.5 Å². The van der Waals surface area contributed by atoms with E-state index in [0.717, 1.165) is 18.2 Å². The molecule has 1 heterocycles. The van der Waals surface area contributed by atoms with E-state index in [4.69, 9.17) is 0 Å². The average molecular weight is 436 g/mol. The molecule has 2 aromatic rings. The number of rotatable bonds is 10. The highest BCUT2D eigenvalue weighted by molar-refractivity contribution is 7.98. The lowest BCUT2D eigenvalue weighted by Gasteiger charge is -2.19. The Balaban J connectivity index is 2.27. The highest BCUT2D eigenvalue weighted by Crippen LogP contribution is 2.25. The third-order valence-corrected chi connectivity index (χ3v) is 5.29. The molecule has 0 bridgehead atoms. The van der Waals surface area contributed by atoms with Crippen LogP contribution in [0.5, 0.6) is 0 Å². The molecule has 0 saturated heterocycles. The summed E-state index contributed by atoms with van der Waals surface area (Å²) in [6.45, 7) is 4.03. The normalized spacial score (nSPS) is 12.4. The molecule has 2 rings (SSSR count). The van der Waals surface area contributed by atoms with Crippen LogP contribution in [-0.2, 0) is 15.8 Å². The number of nitrogens with zero attached hydrogens (tertiary/aromatic N) is 3. The highest BCUT2D eigenvalue weighted by atomic mass is 32.2. The zero-order valence-corrected chi connectivity index (χ0v) is 18.2. The first-order valence-corrected chi connectivity index (χ1v) is 11.9. The van der Waals surface area contributed by atoms with Crippen LogP contribution in [0, 0.1) is 17.2 Å². The van der Waals surface area contributed by atoms with Crippen molar-refractivity contribution in [2.75, 3.05) is 22.9 Å². The number of benzene rings is 1. The summed E-state index contributed by atoms with van der Waals surface area (Å²) in [4.78, 5) is 8.70. The second-order valence-electron chi connectivity index (χ2n) is 7.01. The number of anilines is 2. The van der Waals surface area contributed by atoms with E-state index >= 15 is 0 Å². The fourth-order valence-corrected chi connectivity index (χ4v) is 4.01. The second kappa shape index (κ2) is 10.4. The third-order valence-electron chi connectivity index (χ3n) is 3.82. The van der Waals surface area contributed by atoms with Gasteiger partial charge in [0.2, 0.25) is 10.0 Å². The molecule has 0 radical (unpaired) electrons. The summed E-state index contributed by atoms with van der Waals surface area (Å²) in [5.74, 6) is 1.39. The maximum absolute atomic E-state index is 11.6. The number of aromatic nitrogens is 2. The van der Waals surface area contributed by atoms with E-state index in [1.165, 1.54) is 17.8 Å². The first kappa shape index (κ1) is 22.9. The minimum Gasteiger partial charge on any atom is -0.394 e. The molecule has 0 aliphatic rings. The van der Waals surface area contributed by atoms with Crippen molar-refractivity contribution in [3.05, 3.63) is 41.5 Å². The number of sulfonamides is 1. The molecule has 0 amide bonds. The van der Waals surface area contributed by atoms with Gasteiger partial charge in [0.25, 0.3) is 0 Å². The molecule has 3 N–H and O–H groups in total. The zero-order valence-electron chi connectivity index (χ0n) is 16.6. The molecule has 156 valence electrons. The summed E-state index contributed by atoms with van der Waals surface area (Å²) < 4.78 is 25.6. The number of hydrogen-bond donors (Lipinski definition) is 3. The lowest BCUT2D eigenvalue weighted by molar-refractivity contribution is 0.259. The van der Waals surface area contributed by atoms with E-state index in [0.29, 0.717) is 28.2 Å². The molecule has 8 nitrogen and oxygen atoms in total. The van der Waals surface area contributed by atoms with Gasteiger partial charge in [-0.3, -0.25) is 4.72 Å². The lowest BCUT2D eigenvalue weighted by atomic mass is 10.0. The van der Waals surface area contributed by atoms with E-state index in [-0.39, 0.29) is 18.5 Å². The number of thioether (sulfide) groups is 1. The van der Waals surface area contributed by atoms with E-state index in [2.05, 4.69) is 39.9 Å². The van der Waals surface area contributed by atoms with Gasteiger partial charge < -0.3 is 10.4 Å². The van der Waals surface area contributed by atoms with Crippen LogP contribution in [0.4, 0.5) is 11.6 Å². The molecular formula is C19H25N5O3S2. The molecule has 0 spiro atoms. The summed E-state index contributed by atoms with van der Waals surface area (Å²) in [6, 6.07) is 10.7. The Bertz CT molecular complexity index is 974. The largest absolute Gasteiger partial charge is 0.394 e. The number of hydrogen-bond acceptors (Lipinski definition) is 8. The van der Waals surface area contributed by atoms with Gasteiger partial charge in [0.15, 0.2) is 5.16 Å². The van der Waals surface area contributed by atoms with Crippen molar-refractivity contribution in [3.8, 4) is 6.07 Å². The first-order chi connectivity index (χ1) is 13.7. The summed E-state index contributed by atoms with van der Waals surface area (Å²) in [7, 11) is -3.51. The van der Waals surface area contributed by atoms with Crippen LogP contribution in [-0.4, -0.2) is 42.4 Å². The Kier molecular flexibility index (Phi) is 8.25. The second-order valence-corrected chi connectivity index (χ2v) is 9.70. The molecule has 0 saturated carbocycles. The summed E-state index contributed by atoms with van der Waals surface area (Å²) in [5.41, 5.74) is 1.41. The van der Waals surface area contributed by atoms with Gasteiger partial charge in [-0.05, 0) is 24.0 Å². The van der Waals surface area contributed by atoms with Crippen molar-refractivity contribution in [1.82, 2.24) is 9.97 Å². The number of aliphatic hydroxyl groups excluding tert-OH is 1. The average Bonchev–Trinajstić information content (AvgIpc) is 2.64. The van der Waals surface area contributed by atoms with E-state index < -0.39 is 10.0 Å². The van der Waals surface area contributed by atoms with Crippen LogP contribution in [0.25, 0.3) is 0 Å². The van der Waals surface area contributed by atoms with Crippen LogP contribution < -0.4 is 10.0 Å². The van der Waals surface area contributed by atoms with Crippen molar-refractivity contribution < 1.29 is 13.5 Å². The molecule has 10 heteroatoms. The number of nitrogens with one attached hydrogen (secondary N) is 2. The maximum atomic E-state index is 11.6. The van der Waals surface area contributed by atoms with Gasteiger partial charge >= 0.3 is 0 Å².